The van der Waals surface area contributed by atoms with Crippen LogP contribution in [0, 0.1) is 52.3 Å². The molecular weight excluding hydrogens is 488 g/mol. The maximum Gasteiger partial charge on any atom is 0.303 e. The highest BCUT2D eigenvalue weighted by molar-refractivity contribution is 7.87. The van der Waals surface area contributed by atoms with E-state index in [0.29, 0.717) is 36.8 Å². The first-order chi connectivity index (χ1) is 17.4. The van der Waals surface area contributed by atoms with Gasteiger partial charge in [-0.05, 0) is 110 Å². The van der Waals surface area contributed by atoms with Gasteiger partial charge in [-0.25, -0.2) is 4.72 Å². The maximum absolute atomic E-state index is 12.9. The van der Waals surface area contributed by atoms with Gasteiger partial charge >= 0.3 is 10.2 Å². The summed E-state index contributed by atoms with van der Waals surface area (Å²) in [6.07, 6.45) is 9.40. The lowest BCUT2D eigenvalue weighted by Gasteiger charge is -2.64. The van der Waals surface area contributed by atoms with Crippen molar-refractivity contribution < 1.29 is 23.4 Å². The van der Waals surface area contributed by atoms with Crippen LogP contribution in [0.4, 0.5) is 0 Å². The quantitative estimate of drug-likeness (QED) is 0.472. The van der Waals surface area contributed by atoms with E-state index in [1.54, 1.807) is 0 Å². The molecule has 11 atom stereocenters. The summed E-state index contributed by atoms with van der Waals surface area (Å²) in [6, 6.07) is 0. The van der Waals surface area contributed by atoms with Crippen molar-refractivity contribution in [3.05, 3.63) is 0 Å². The Balaban J connectivity index is 1.31. The van der Waals surface area contributed by atoms with Crippen LogP contribution in [-0.2, 0) is 15.0 Å². The van der Waals surface area contributed by atoms with E-state index in [2.05, 4.69) is 32.4 Å². The van der Waals surface area contributed by atoms with E-state index in [1.165, 1.54) is 4.31 Å². The van der Waals surface area contributed by atoms with E-state index in [9.17, 15) is 23.4 Å². The summed E-state index contributed by atoms with van der Waals surface area (Å²) in [6.45, 7) is 10.2. The van der Waals surface area contributed by atoms with Crippen molar-refractivity contribution in [1.82, 2.24) is 9.03 Å². The summed E-state index contributed by atoms with van der Waals surface area (Å²) in [5.74, 6) is 1.89. The molecule has 8 heteroatoms. The lowest BCUT2D eigenvalue weighted by Crippen LogP contribution is -2.62. The number of nitrogens with one attached hydrogen (secondary N) is 1. The van der Waals surface area contributed by atoms with Crippen LogP contribution in [0.2, 0.25) is 0 Å². The molecule has 5 fully saturated rings. The number of aliphatic hydroxyl groups is 2. The predicted molar refractivity (Wildman–Crippen MR) is 143 cm³/mol. The van der Waals surface area contributed by atoms with Gasteiger partial charge in [0, 0.05) is 19.5 Å². The predicted octanol–water partition coefficient (Wildman–Crippen LogP) is 4.10. The van der Waals surface area contributed by atoms with Crippen molar-refractivity contribution in [1.29, 1.82) is 0 Å². The fraction of sp³-hybridized carbons (Fsp3) is 0.966. The molecule has 0 spiro atoms. The third-order valence-corrected chi connectivity index (χ3v) is 13.8. The average Bonchev–Trinajstić information content (AvgIpc) is 3.48. The molecule has 1 amide bonds. The number of carbonyl (C=O) groups is 1. The highest BCUT2D eigenvalue weighted by Gasteiger charge is 2.64. The minimum Gasteiger partial charge on any atom is -0.393 e. The van der Waals surface area contributed by atoms with Crippen LogP contribution >= 0.6 is 0 Å². The Morgan fingerprint density at radius 1 is 1.00 bits per heavy atom. The minimum absolute atomic E-state index is 0.0609. The molecule has 0 radical (unpaired) electrons. The number of aliphatic hydroxyl groups excluding tert-OH is 2. The van der Waals surface area contributed by atoms with Crippen LogP contribution in [0.3, 0.4) is 0 Å². The maximum atomic E-state index is 12.9. The second-order valence-electron chi connectivity index (χ2n) is 13.9. The Bertz CT molecular complexity index is 967. The zero-order valence-corrected chi connectivity index (χ0v) is 24.2. The van der Waals surface area contributed by atoms with Crippen molar-refractivity contribution in [2.75, 3.05) is 13.1 Å². The van der Waals surface area contributed by atoms with Gasteiger partial charge in [0.1, 0.15) is 0 Å². The van der Waals surface area contributed by atoms with E-state index in [-0.39, 0.29) is 53.1 Å². The van der Waals surface area contributed by atoms with Crippen LogP contribution in [0.5, 0.6) is 0 Å². The van der Waals surface area contributed by atoms with Crippen molar-refractivity contribution in [2.45, 2.75) is 111 Å². The number of fused-ring (bicyclic) bond motifs is 5. The molecule has 3 N–H and O–H groups in total. The summed E-state index contributed by atoms with van der Waals surface area (Å²) in [7, 11) is -3.74. The number of nitrogens with zero attached hydrogens (tertiary/aromatic N) is 1. The molecular formula is C29H50N2O5S. The summed E-state index contributed by atoms with van der Waals surface area (Å²) in [4.78, 5) is 12.9. The second-order valence-corrected chi connectivity index (χ2v) is 15.6. The smallest absolute Gasteiger partial charge is 0.303 e. The molecule has 0 bridgehead atoms. The number of hydrogen-bond donors (Lipinski definition) is 3. The summed E-state index contributed by atoms with van der Waals surface area (Å²) < 4.78 is 28.9. The Morgan fingerprint density at radius 3 is 2.32 bits per heavy atom. The first-order valence-electron chi connectivity index (χ1n) is 15.1. The lowest BCUT2D eigenvalue weighted by molar-refractivity contribution is -0.203. The number of carbonyl (C=O) groups excluding carboxylic acids is 1. The van der Waals surface area contributed by atoms with Crippen molar-refractivity contribution in [3.8, 4) is 0 Å². The molecule has 1 heterocycles. The number of rotatable bonds is 6. The second kappa shape index (κ2) is 10.0. The van der Waals surface area contributed by atoms with E-state index in [1.807, 2.05) is 0 Å². The average molecular weight is 539 g/mol. The highest BCUT2D eigenvalue weighted by Crippen LogP contribution is 2.69. The molecule has 1 aliphatic heterocycles. The topological polar surface area (TPSA) is 107 Å². The normalized spacial score (nSPS) is 47.1. The first-order valence-corrected chi connectivity index (χ1v) is 16.5. The number of hydrogen-bond acceptors (Lipinski definition) is 5. The zero-order chi connectivity index (χ0) is 26.8. The fourth-order valence-corrected chi connectivity index (χ4v) is 11.8. The van der Waals surface area contributed by atoms with E-state index >= 15 is 0 Å². The Labute approximate surface area is 224 Å². The summed E-state index contributed by atoms with van der Waals surface area (Å²) >= 11 is 0. The molecule has 1 unspecified atom stereocenters. The first kappa shape index (κ1) is 27.9. The Hall–Kier alpha value is -0.700. The van der Waals surface area contributed by atoms with Crippen molar-refractivity contribution >= 4 is 16.1 Å². The molecule has 4 aliphatic carbocycles. The van der Waals surface area contributed by atoms with Gasteiger partial charge in [-0.2, -0.15) is 12.7 Å². The Morgan fingerprint density at radius 2 is 1.65 bits per heavy atom. The Kier molecular flexibility index (Phi) is 7.56. The number of amides is 1. The molecule has 5 aliphatic rings. The molecule has 0 aromatic carbocycles. The van der Waals surface area contributed by atoms with Crippen LogP contribution in [0.25, 0.3) is 0 Å². The van der Waals surface area contributed by atoms with Crippen molar-refractivity contribution in [3.63, 3.8) is 0 Å². The largest absolute Gasteiger partial charge is 0.393 e. The lowest BCUT2D eigenvalue weighted by atomic mass is 9.41. The van der Waals surface area contributed by atoms with Crippen LogP contribution < -0.4 is 4.72 Å². The van der Waals surface area contributed by atoms with Crippen molar-refractivity contribution in [2.24, 2.45) is 52.3 Å². The molecule has 0 aromatic rings. The zero-order valence-electron chi connectivity index (χ0n) is 23.4. The molecule has 1 saturated heterocycles. The summed E-state index contributed by atoms with van der Waals surface area (Å²) in [5, 5.41) is 22.3. The molecule has 4 saturated carbocycles. The van der Waals surface area contributed by atoms with E-state index in [4.69, 9.17) is 0 Å². The monoisotopic (exact) mass is 538 g/mol. The van der Waals surface area contributed by atoms with Gasteiger partial charge in [0.05, 0.1) is 12.2 Å². The molecule has 7 nitrogen and oxygen atoms in total. The molecule has 0 aromatic heterocycles. The summed E-state index contributed by atoms with van der Waals surface area (Å²) in [5.41, 5.74) is 0.240. The SMILES string of the molecule is CC[C@H]1[C@@H](O)[C@@H]2[C@H](CC[C@]3(C)[C@@H](C(C)CC(=O)NS(=O)(=O)N4CCCC4)CC[C@@H]23)[C@@]2(C)CC[C@@H](O)C[C@@H]12. The van der Waals surface area contributed by atoms with Gasteiger partial charge < -0.3 is 10.2 Å². The third-order valence-electron chi connectivity index (χ3n) is 12.3. The van der Waals surface area contributed by atoms with Gasteiger partial charge in [-0.15, -0.1) is 0 Å². The van der Waals surface area contributed by atoms with Gasteiger partial charge in [-0.3, -0.25) is 4.79 Å². The standard InChI is InChI=1S/C29H50N2O5S/c1-5-20-24-17-19(32)10-12-29(24,4)23-11-13-28(3)21(8-9-22(28)26(23)27(20)34)18(2)16-25(33)30-37(35,36)31-14-6-7-15-31/h18-24,26-27,32,34H,5-17H2,1-4H3,(H,30,33)/t18?,19-,20-,21-,22+,23+,24+,26+,27-,28-,29-/m1/s1. The minimum atomic E-state index is -3.74. The van der Waals surface area contributed by atoms with E-state index < -0.39 is 10.2 Å². The van der Waals surface area contributed by atoms with Crippen LogP contribution in [0.1, 0.15) is 98.3 Å². The van der Waals surface area contributed by atoms with E-state index in [0.717, 1.165) is 64.2 Å². The highest BCUT2D eigenvalue weighted by atomic mass is 32.2. The molecule has 212 valence electrons. The fourth-order valence-electron chi connectivity index (χ4n) is 10.5. The van der Waals surface area contributed by atoms with Gasteiger partial charge in [0.25, 0.3) is 0 Å². The van der Waals surface area contributed by atoms with Crippen LogP contribution in [-0.4, -0.2) is 54.1 Å². The van der Waals surface area contributed by atoms with Gasteiger partial charge in [-0.1, -0.05) is 34.1 Å². The van der Waals surface area contributed by atoms with Gasteiger partial charge in [0.2, 0.25) is 5.91 Å². The third kappa shape index (κ3) is 4.59. The van der Waals surface area contributed by atoms with Gasteiger partial charge in [0.15, 0.2) is 0 Å². The van der Waals surface area contributed by atoms with Crippen LogP contribution in [0.15, 0.2) is 0 Å². The molecule has 5 rings (SSSR count). The molecule has 37 heavy (non-hydrogen) atoms.